The van der Waals surface area contributed by atoms with Gasteiger partial charge in [0.2, 0.25) is 5.90 Å². The molecule has 0 N–H and O–H groups in total. The molecular formula is C17H15NO3. The number of hydrogen-bond acceptors (Lipinski definition) is 4. The lowest BCUT2D eigenvalue weighted by atomic mass is 10.0. The van der Waals surface area contributed by atoms with Crippen LogP contribution in [0, 0.1) is 0 Å². The van der Waals surface area contributed by atoms with E-state index in [9.17, 15) is 4.79 Å². The van der Waals surface area contributed by atoms with Crippen molar-refractivity contribution in [3.8, 4) is 5.75 Å². The van der Waals surface area contributed by atoms with Crippen LogP contribution in [-0.4, -0.2) is 19.0 Å². The van der Waals surface area contributed by atoms with Crippen LogP contribution in [0.4, 0.5) is 0 Å². The van der Waals surface area contributed by atoms with Crippen molar-refractivity contribution in [1.29, 1.82) is 0 Å². The molecule has 0 aromatic heterocycles. The van der Waals surface area contributed by atoms with Crippen LogP contribution < -0.4 is 4.74 Å². The average Bonchev–Trinajstić information content (AvgIpc) is 2.55. The molecule has 1 aliphatic rings. The van der Waals surface area contributed by atoms with Gasteiger partial charge < -0.3 is 9.47 Å². The van der Waals surface area contributed by atoms with Crippen LogP contribution in [0.1, 0.15) is 23.6 Å². The minimum atomic E-state index is -0.260. The van der Waals surface area contributed by atoms with E-state index < -0.39 is 0 Å². The molecule has 21 heavy (non-hydrogen) atoms. The van der Waals surface area contributed by atoms with E-state index in [-0.39, 0.29) is 18.4 Å². The molecular weight excluding hydrogens is 266 g/mol. The lowest BCUT2D eigenvalue weighted by molar-refractivity contribution is -0.136. The summed E-state index contributed by atoms with van der Waals surface area (Å²) in [6, 6.07) is 16.8. The molecule has 2 aromatic carbocycles. The van der Waals surface area contributed by atoms with Crippen molar-refractivity contribution in [1.82, 2.24) is 0 Å². The third-order valence-corrected chi connectivity index (χ3v) is 3.36. The highest BCUT2D eigenvalue weighted by atomic mass is 16.5. The summed E-state index contributed by atoms with van der Waals surface area (Å²) in [6.07, 6.45) is 0.253. The van der Waals surface area contributed by atoms with Gasteiger partial charge in [0.1, 0.15) is 5.75 Å². The number of esters is 1. The quantitative estimate of drug-likeness (QED) is 0.812. The monoisotopic (exact) mass is 281 g/mol. The molecule has 0 aliphatic carbocycles. The number of nitrogens with zero attached hydrogens (tertiary/aromatic N) is 1. The summed E-state index contributed by atoms with van der Waals surface area (Å²) in [4.78, 5) is 16.4. The first kappa shape index (κ1) is 13.4. The highest BCUT2D eigenvalue weighted by molar-refractivity contribution is 6.02. The number of carbonyl (C=O) groups excluding carboxylic acids is 1. The Morgan fingerprint density at radius 1 is 1.10 bits per heavy atom. The predicted octanol–water partition coefficient (Wildman–Crippen LogP) is 3.13. The van der Waals surface area contributed by atoms with Crippen molar-refractivity contribution in [3.05, 3.63) is 65.7 Å². The SMILES string of the molecule is COc1ccc([C@H]2CC(=O)OC(c3ccccc3)=N2)cc1. The summed E-state index contributed by atoms with van der Waals surface area (Å²) in [5.74, 6) is 0.904. The van der Waals surface area contributed by atoms with Gasteiger partial charge in [-0.3, -0.25) is 4.79 Å². The Morgan fingerprint density at radius 2 is 1.81 bits per heavy atom. The molecule has 4 nitrogen and oxygen atoms in total. The van der Waals surface area contributed by atoms with Gasteiger partial charge in [0.15, 0.2) is 0 Å². The van der Waals surface area contributed by atoms with E-state index in [1.54, 1.807) is 7.11 Å². The zero-order chi connectivity index (χ0) is 14.7. The maximum absolute atomic E-state index is 11.8. The van der Waals surface area contributed by atoms with E-state index in [1.165, 1.54) is 0 Å². The van der Waals surface area contributed by atoms with E-state index in [0.717, 1.165) is 16.9 Å². The lowest BCUT2D eigenvalue weighted by Gasteiger charge is -2.20. The molecule has 0 radical (unpaired) electrons. The molecule has 1 heterocycles. The third kappa shape index (κ3) is 2.94. The largest absolute Gasteiger partial charge is 0.497 e. The van der Waals surface area contributed by atoms with Gasteiger partial charge >= 0.3 is 5.97 Å². The fraction of sp³-hybridized carbons (Fsp3) is 0.176. The van der Waals surface area contributed by atoms with Gasteiger partial charge in [0.25, 0.3) is 0 Å². The topological polar surface area (TPSA) is 47.9 Å². The molecule has 106 valence electrons. The normalized spacial score (nSPS) is 17.9. The molecule has 0 spiro atoms. The number of rotatable bonds is 3. The van der Waals surface area contributed by atoms with Crippen LogP contribution in [0.3, 0.4) is 0 Å². The van der Waals surface area contributed by atoms with Gasteiger partial charge in [0.05, 0.1) is 19.6 Å². The minimum Gasteiger partial charge on any atom is -0.497 e. The van der Waals surface area contributed by atoms with Crippen LogP contribution in [0.15, 0.2) is 59.6 Å². The second-order valence-electron chi connectivity index (χ2n) is 4.77. The van der Waals surface area contributed by atoms with E-state index in [1.807, 2.05) is 54.6 Å². The molecule has 1 aliphatic heterocycles. The van der Waals surface area contributed by atoms with Gasteiger partial charge in [-0.15, -0.1) is 0 Å². The van der Waals surface area contributed by atoms with Gasteiger partial charge in [-0.2, -0.15) is 0 Å². The van der Waals surface area contributed by atoms with E-state index >= 15 is 0 Å². The first-order valence-electron chi connectivity index (χ1n) is 6.74. The molecule has 4 heteroatoms. The predicted molar refractivity (Wildman–Crippen MR) is 79.4 cm³/mol. The Bertz CT molecular complexity index is 662. The number of benzene rings is 2. The van der Waals surface area contributed by atoms with Crippen LogP contribution in [0.5, 0.6) is 5.75 Å². The zero-order valence-electron chi connectivity index (χ0n) is 11.7. The Balaban J connectivity index is 1.92. The van der Waals surface area contributed by atoms with Crippen LogP contribution in [0.2, 0.25) is 0 Å². The van der Waals surface area contributed by atoms with Crippen molar-refractivity contribution in [2.45, 2.75) is 12.5 Å². The standard InChI is InChI=1S/C17H15NO3/c1-20-14-9-7-12(8-10-14)15-11-16(19)21-17(18-15)13-5-3-2-4-6-13/h2-10,15H,11H2,1H3/t15-/m1/s1. The minimum absolute atomic E-state index is 0.215. The summed E-state index contributed by atoms with van der Waals surface area (Å²) in [5.41, 5.74) is 1.78. The summed E-state index contributed by atoms with van der Waals surface area (Å²) >= 11 is 0. The Hall–Kier alpha value is -2.62. The fourth-order valence-electron chi connectivity index (χ4n) is 2.25. The Morgan fingerprint density at radius 3 is 2.48 bits per heavy atom. The van der Waals surface area contributed by atoms with Crippen molar-refractivity contribution < 1.29 is 14.3 Å². The van der Waals surface area contributed by atoms with Crippen molar-refractivity contribution in [3.63, 3.8) is 0 Å². The van der Waals surface area contributed by atoms with Crippen LogP contribution in [0.25, 0.3) is 0 Å². The van der Waals surface area contributed by atoms with Gasteiger partial charge in [-0.05, 0) is 29.8 Å². The summed E-state index contributed by atoms with van der Waals surface area (Å²) in [5, 5.41) is 0. The molecule has 0 saturated carbocycles. The molecule has 0 fully saturated rings. The molecule has 2 aromatic rings. The number of ether oxygens (including phenoxy) is 2. The molecule has 0 bridgehead atoms. The maximum atomic E-state index is 11.8. The molecule has 0 unspecified atom stereocenters. The first-order chi connectivity index (χ1) is 10.3. The fourth-order valence-corrected chi connectivity index (χ4v) is 2.25. The Labute approximate surface area is 123 Å². The number of carbonyl (C=O) groups is 1. The van der Waals surface area contributed by atoms with E-state index in [0.29, 0.717) is 5.90 Å². The van der Waals surface area contributed by atoms with Gasteiger partial charge in [-0.25, -0.2) is 4.99 Å². The highest BCUT2D eigenvalue weighted by Gasteiger charge is 2.25. The number of aliphatic imine (C=N–C) groups is 1. The molecule has 3 rings (SSSR count). The van der Waals surface area contributed by atoms with Crippen molar-refractivity contribution in [2.24, 2.45) is 4.99 Å². The Kier molecular flexibility index (Phi) is 3.69. The average molecular weight is 281 g/mol. The number of cyclic esters (lactones) is 1. The second-order valence-corrected chi connectivity index (χ2v) is 4.77. The summed E-state index contributed by atoms with van der Waals surface area (Å²) in [6.45, 7) is 0. The van der Waals surface area contributed by atoms with Gasteiger partial charge in [-0.1, -0.05) is 30.3 Å². The van der Waals surface area contributed by atoms with Crippen LogP contribution >= 0.6 is 0 Å². The smallest absolute Gasteiger partial charge is 0.315 e. The highest BCUT2D eigenvalue weighted by Crippen LogP contribution is 2.28. The summed E-state index contributed by atoms with van der Waals surface area (Å²) in [7, 11) is 1.62. The zero-order valence-corrected chi connectivity index (χ0v) is 11.7. The van der Waals surface area contributed by atoms with Crippen molar-refractivity contribution in [2.75, 3.05) is 7.11 Å². The first-order valence-corrected chi connectivity index (χ1v) is 6.74. The van der Waals surface area contributed by atoms with E-state index in [4.69, 9.17) is 9.47 Å². The number of methoxy groups -OCH3 is 1. The summed E-state index contributed by atoms with van der Waals surface area (Å²) < 4.78 is 10.4. The third-order valence-electron chi connectivity index (χ3n) is 3.36. The second kappa shape index (κ2) is 5.79. The molecule has 0 amide bonds. The maximum Gasteiger partial charge on any atom is 0.315 e. The van der Waals surface area contributed by atoms with Crippen molar-refractivity contribution >= 4 is 11.9 Å². The van der Waals surface area contributed by atoms with Gasteiger partial charge in [0, 0.05) is 5.56 Å². The molecule has 1 atom stereocenters. The lowest BCUT2D eigenvalue weighted by Crippen LogP contribution is -2.22. The van der Waals surface area contributed by atoms with E-state index in [2.05, 4.69) is 4.99 Å². The van der Waals surface area contributed by atoms with Crippen LogP contribution in [-0.2, 0) is 9.53 Å². The number of hydrogen-bond donors (Lipinski definition) is 0. The molecule has 0 saturated heterocycles.